The summed E-state index contributed by atoms with van der Waals surface area (Å²) >= 11 is 0. The topological polar surface area (TPSA) is 74.7 Å². The summed E-state index contributed by atoms with van der Waals surface area (Å²) in [5.74, 6) is -0.451. The molecule has 0 aliphatic heterocycles. The van der Waals surface area contributed by atoms with Gasteiger partial charge in [0.1, 0.15) is 12.4 Å². The normalized spacial score (nSPS) is 10.6. The Labute approximate surface area is 194 Å². The third-order valence-corrected chi connectivity index (χ3v) is 5.17. The van der Waals surface area contributed by atoms with Crippen LogP contribution in [-0.2, 0) is 16.1 Å². The molecule has 6 heteroatoms. The number of carbonyl (C=O) groups is 2. The molecule has 0 unspecified atom stereocenters. The van der Waals surface area contributed by atoms with Gasteiger partial charge in [0.15, 0.2) is 0 Å². The van der Waals surface area contributed by atoms with E-state index in [0.29, 0.717) is 34.9 Å². The summed E-state index contributed by atoms with van der Waals surface area (Å²) in [5, 5.41) is 0. The number of carbonyl (C=O) groups excluding carboxylic acids is 2. The average molecular weight is 448 g/mol. The first-order chi connectivity index (χ1) is 15.8. The molecule has 0 fully saturated rings. The van der Waals surface area contributed by atoms with Gasteiger partial charge >= 0.3 is 11.9 Å². The summed E-state index contributed by atoms with van der Waals surface area (Å²) in [7, 11) is 0. The maximum absolute atomic E-state index is 12.9. The van der Waals surface area contributed by atoms with Gasteiger partial charge in [0.05, 0.1) is 35.7 Å². The molecule has 3 rings (SSSR count). The summed E-state index contributed by atoms with van der Waals surface area (Å²) in [5.41, 5.74) is 4.79. The summed E-state index contributed by atoms with van der Waals surface area (Å²) in [6, 6.07) is 15.4. The van der Waals surface area contributed by atoms with Crippen molar-refractivity contribution in [3.63, 3.8) is 0 Å². The number of ether oxygens (including phenoxy) is 3. The van der Waals surface area contributed by atoms with Crippen molar-refractivity contribution in [1.82, 2.24) is 4.98 Å². The lowest BCUT2D eigenvalue weighted by atomic mass is 9.92. The van der Waals surface area contributed by atoms with Crippen molar-refractivity contribution in [3.05, 3.63) is 82.2 Å². The molecular weight excluding hydrogens is 418 g/mol. The van der Waals surface area contributed by atoms with Crippen molar-refractivity contribution in [1.29, 1.82) is 0 Å². The molecule has 0 radical (unpaired) electrons. The molecule has 0 N–H and O–H groups in total. The van der Waals surface area contributed by atoms with Crippen LogP contribution in [-0.4, -0.2) is 30.1 Å². The molecule has 0 saturated heterocycles. The molecule has 1 heterocycles. The van der Waals surface area contributed by atoms with Crippen LogP contribution in [0.2, 0.25) is 0 Å². The van der Waals surface area contributed by atoms with Gasteiger partial charge in [-0.1, -0.05) is 42.0 Å². The molecule has 172 valence electrons. The number of aromatic nitrogens is 1. The van der Waals surface area contributed by atoms with E-state index >= 15 is 0 Å². The number of rotatable bonds is 8. The quantitative estimate of drug-likeness (QED) is 0.418. The Morgan fingerprint density at radius 2 is 1.39 bits per heavy atom. The van der Waals surface area contributed by atoms with E-state index < -0.39 is 11.9 Å². The largest absolute Gasteiger partial charge is 0.489 e. The Hall–Kier alpha value is -3.67. The van der Waals surface area contributed by atoms with E-state index in [0.717, 1.165) is 5.56 Å². The number of nitrogens with zero attached hydrogens (tertiary/aromatic N) is 1. The first kappa shape index (κ1) is 24.0. The summed E-state index contributed by atoms with van der Waals surface area (Å²) < 4.78 is 16.6. The van der Waals surface area contributed by atoms with Crippen LogP contribution in [0.4, 0.5) is 0 Å². The zero-order chi connectivity index (χ0) is 24.0. The molecular formula is C27H29NO5. The van der Waals surface area contributed by atoms with E-state index in [1.54, 1.807) is 27.7 Å². The number of hydrogen-bond acceptors (Lipinski definition) is 6. The summed E-state index contributed by atoms with van der Waals surface area (Å²) in [4.78, 5) is 30.2. The van der Waals surface area contributed by atoms with E-state index in [9.17, 15) is 9.59 Å². The van der Waals surface area contributed by atoms with Crippen molar-refractivity contribution in [2.75, 3.05) is 13.2 Å². The second kappa shape index (κ2) is 10.8. The summed E-state index contributed by atoms with van der Waals surface area (Å²) in [6.45, 7) is 9.79. The Kier molecular flexibility index (Phi) is 7.83. The predicted octanol–water partition coefficient (Wildman–Crippen LogP) is 5.61. The number of aryl methyl sites for hydroxylation is 3. The lowest BCUT2D eigenvalue weighted by Gasteiger charge is -2.18. The molecule has 0 aliphatic rings. The first-order valence-corrected chi connectivity index (χ1v) is 11.0. The van der Waals surface area contributed by atoms with Crippen LogP contribution in [0.15, 0.2) is 48.5 Å². The standard InChI is InChI=1S/C27H29NO5/c1-6-31-26(29)23-18(4)28-19(5)24(27(30)32-7-2)25(23)21-9-8-10-22(15-21)33-16-20-13-11-17(3)12-14-20/h8-15H,6-7,16H2,1-5H3. The Bertz CT molecular complexity index is 1110. The molecule has 0 aliphatic carbocycles. The lowest BCUT2D eigenvalue weighted by molar-refractivity contribution is 0.0525. The molecule has 0 saturated carbocycles. The molecule has 33 heavy (non-hydrogen) atoms. The molecule has 3 aromatic rings. The van der Waals surface area contributed by atoms with Gasteiger partial charge in [0.25, 0.3) is 0 Å². The van der Waals surface area contributed by atoms with Gasteiger partial charge in [-0.05, 0) is 57.9 Å². The molecule has 0 amide bonds. The maximum Gasteiger partial charge on any atom is 0.340 e. The van der Waals surface area contributed by atoms with Gasteiger partial charge in [0, 0.05) is 5.56 Å². The smallest absolute Gasteiger partial charge is 0.340 e. The van der Waals surface area contributed by atoms with Crippen LogP contribution in [0.3, 0.4) is 0 Å². The lowest BCUT2D eigenvalue weighted by Crippen LogP contribution is -2.17. The molecule has 1 aromatic heterocycles. The molecule has 0 bridgehead atoms. The average Bonchev–Trinajstić information content (AvgIpc) is 2.78. The minimum absolute atomic E-state index is 0.208. The fourth-order valence-electron chi connectivity index (χ4n) is 3.64. The van der Waals surface area contributed by atoms with Crippen molar-refractivity contribution in [2.24, 2.45) is 0 Å². The fourth-order valence-corrected chi connectivity index (χ4v) is 3.64. The third kappa shape index (κ3) is 5.58. The van der Waals surface area contributed by atoms with E-state index in [4.69, 9.17) is 14.2 Å². The molecule has 6 nitrogen and oxygen atoms in total. The molecule has 2 aromatic carbocycles. The Morgan fingerprint density at radius 1 is 0.818 bits per heavy atom. The van der Waals surface area contributed by atoms with Crippen LogP contribution in [0, 0.1) is 20.8 Å². The predicted molar refractivity (Wildman–Crippen MR) is 127 cm³/mol. The van der Waals surface area contributed by atoms with Crippen molar-refractivity contribution in [2.45, 2.75) is 41.2 Å². The third-order valence-electron chi connectivity index (χ3n) is 5.17. The van der Waals surface area contributed by atoms with Crippen LogP contribution >= 0.6 is 0 Å². The fraction of sp³-hybridized carbons (Fsp3) is 0.296. The number of esters is 2. The molecule has 0 atom stereocenters. The van der Waals surface area contributed by atoms with E-state index in [2.05, 4.69) is 4.98 Å². The van der Waals surface area contributed by atoms with Gasteiger partial charge in [-0.2, -0.15) is 0 Å². The van der Waals surface area contributed by atoms with E-state index in [1.165, 1.54) is 5.56 Å². The van der Waals surface area contributed by atoms with E-state index in [1.807, 2.05) is 55.5 Å². The minimum Gasteiger partial charge on any atom is -0.489 e. The second-order valence-electron chi connectivity index (χ2n) is 7.65. The SMILES string of the molecule is CCOC(=O)c1c(C)nc(C)c(C(=O)OCC)c1-c1cccc(OCc2ccc(C)cc2)c1. The van der Waals surface area contributed by atoms with Gasteiger partial charge in [-0.15, -0.1) is 0 Å². The monoisotopic (exact) mass is 447 g/mol. The van der Waals surface area contributed by atoms with Crippen LogP contribution in [0.25, 0.3) is 11.1 Å². The van der Waals surface area contributed by atoms with Crippen LogP contribution in [0.5, 0.6) is 5.75 Å². The van der Waals surface area contributed by atoms with E-state index in [-0.39, 0.29) is 24.3 Å². The van der Waals surface area contributed by atoms with Gasteiger partial charge in [-0.3, -0.25) is 4.98 Å². The Morgan fingerprint density at radius 3 is 1.94 bits per heavy atom. The second-order valence-corrected chi connectivity index (χ2v) is 7.65. The minimum atomic E-state index is -0.533. The zero-order valence-electron chi connectivity index (χ0n) is 19.7. The molecule has 0 spiro atoms. The van der Waals surface area contributed by atoms with Crippen molar-refractivity contribution < 1.29 is 23.8 Å². The van der Waals surface area contributed by atoms with Gasteiger partial charge < -0.3 is 14.2 Å². The highest BCUT2D eigenvalue weighted by atomic mass is 16.5. The highest BCUT2D eigenvalue weighted by molar-refractivity contribution is 6.07. The summed E-state index contributed by atoms with van der Waals surface area (Å²) in [6.07, 6.45) is 0. The highest BCUT2D eigenvalue weighted by Crippen LogP contribution is 2.34. The first-order valence-electron chi connectivity index (χ1n) is 11.0. The maximum atomic E-state index is 12.9. The number of pyridine rings is 1. The number of hydrogen-bond donors (Lipinski definition) is 0. The van der Waals surface area contributed by atoms with Gasteiger partial charge in [0.2, 0.25) is 0 Å². The zero-order valence-corrected chi connectivity index (χ0v) is 19.7. The number of benzene rings is 2. The van der Waals surface area contributed by atoms with Crippen molar-refractivity contribution >= 4 is 11.9 Å². The van der Waals surface area contributed by atoms with Crippen LogP contribution < -0.4 is 4.74 Å². The Balaban J connectivity index is 2.09. The van der Waals surface area contributed by atoms with Crippen LogP contribution in [0.1, 0.15) is 57.1 Å². The van der Waals surface area contributed by atoms with Crippen molar-refractivity contribution in [3.8, 4) is 16.9 Å². The van der Waals surface area contributed by atoms with Gasteiger partial charge in [-0.25, -0.2) is 9.59 Å². The highest BCUT2D eigenvalue weighted by Gasteiger charge is 2.28.